The fourth-order valence-corrected chi connectivity index (χ4v) is 1.43. The van der Waals surface area contributed by atoms with E-state index in [-0.39, 0.29) is 0 Å². The molecule has 0 spiro atoms. The Morgan fingerprint density at radius 2 is 2.13 bits per heavy atom. The van der Waals surface area contributed by atoms with Gasteiger partial charge < -0.3 is 15.9 Å². The summed E-state index contributed by atoms with van der Waals surface area (Å²) in [4.78, 5) is 0. The van der Waals surface area contributed by atoms with E-state index >= 15 is 0 Å². The van der Waals surface area contributed by atoms with Crippen molar-refractivity contribution in [3.05, 3.63) is 29.6 Å². The van der Waals surface area contributed by atoms with Crippen LogP contribution in [0.4, 0.5) is 4.39 Å². The van der Waals surface area contributed by atoms with Crippen molar-refractivity contribution < 1.29 is 14.6 Å². The van der Waals surface area contributed by atoms with Crippen molar-refractivity contribution in [2.75, 3.05) is 0 Å². The molecule has 0 radical (unpaired) electrons. The predicted molar refractivity (Wildman–Crippen MR) is 55.9 cm³/mol. The first-order valence-corrected chi connectivity index (χ1v) is 4.98. The van der Waals surface area contributed by atoms with Crippen LogP contribution in [-0.2, 0) is 0 Å². The largest absolute Gasteiger partial charge is 0.505 e. The first-order chi connectivity index (χ1) is 7.06. The van der Waals surface area contributed by atoms with E-state index in [1.807, 2.05) is 6.92 Å². The zero-order valence-corrected chi connectivity index (χ0v) is 8.65. The monoisotopic (exact) mass is 213 g/mol. The van der Waals surface area contributed by atoms with Gasteiger partial charge in [0.1, 0.15) is 0 Å². The van der Waals surface area contributed by atoms with Gasteiger partial charge in [0.2, 0.25) is 0 Å². The van der Waals surface area contributed by atoms with Crippen LogP contribution in [0.5, 0.6) is 5.75 Å². The number of benzene rings is 1. The Bertz CT molecular complexity index is 330. The number of aromatic hydroxyl groups is 1. The third-order valence-corrected chi connectivity index (χ3v) is 2.36. The lowest BCUT2D eigenvalue weighted by atomic mass is 9.99. The quantitative estimate of drug-likeness (QED) is 0.713. The highest BCUT2D eigenvalue weighted by atomic mass is 19.1. The molecule has 0 aromatic heterocycles. The van der Waals surface area contributed by atoms with Crippen molar-refractivity contribution in [2.45, 2.75) is 31.9 Å². The minimum Gasteiger partial charge on any atom is -0.505 e. The van der Waals surface area contributed by atoms with Crippen molar-refractivity contribution in [3.63, 3.8) is 0 Å². The van der Waals surface area contributed by atoms with E-state index in [1.54, 1.807) is 0 Å². The number of aliphatic hydroxyl groups is 1. The highest BCUT2D eigenvalue weighted by Crippen LogP contribution is 2.22. The average Bonchev–Trinajstić information content (AvgIpc) is 2.21. The van der Waals surface area contributed by atoms with Gasteiger partial charge in [-0.1, -0.05) is 19.4 Å². The second kappa shape index (κ2) is 5.09. The van der Waals surface area contributed by atoms with Crippen molar-refractivity contribution in [2.24, 2.45) is 5.73 Å². The van der Waals surface area contributed by atoms with Gasteiger partial charge in [0, 0.05) is 0 Å². The molecule has 0 saturated carbocycles. The first-order valence-electron chi connectivity index (χ1n) is 4.98. The van der Waals surface area contributed by atoms with E-state index in [4.69, 9.17) is 10.8 Å². The molecule has 4 N–H and O–H groups in total. The number of phenols is 1. The standard InChI is InChI=1S/C11H16FNO2/c1-2-3-10(15)11(13)7-4-5-9(14)8(12)6-7/h4-6,10-11,14-15H,2-3,13H2,1H3/t10-,11+/m1/s1. The molecule has 1 aromatic carbocycles. The number of phenolic OH excluding ortho intramolecular Hbond substituents is 1. The van der Waals surface area contributed by atoms with Gasteiger partial charge in [-0.05, 0) is 24.1 Å². The highest BCUT2D eigenvalue weighted by molar-refractivity contribution is 5.30. The molecule has 0 fully saturated rings. The van der Waals surface area contributed by atoms with Gasteiger partial charge >= 0.3 is 0 Å². The minimum atomic E-state index is -0.716. The topological polar surface area (TPSA) is 66.5 Å². The van der Waals surface area contributed by atoms with Gasteiger partial charge in [-0.3, -0.25) is 0 Å². The molecule has 3 nitrogen and oxygen atoms in total. The Hall–Kier alpha value is -1.13. The number of aliphatic hydroxyl groups excluding tert-OH is 1. The van der Waals surface area contributed by atoms with Gasteiger partial charge in [-0.25, -0.2) is 4.39 Å². The minimum absolute atomic E-state index is 0.407. The summed E-state index contributed by atoms with van der Waals surface area (Å²) >= 11 is 0. The predicted octanol–water partition coefficient (Wildman–Crippen LogP) is 1.69. The molecule has 0 heterocycles. The maximum atomic E-state index is 13.0. The number of hydrogen-bond acceptors (Lipinski definition) is 3. The molecule has 0 aliphatic rings. The molecule has 84 valence electrons. The molecular weight excluding hydrogens is 197 g/mol. The maximum Gasteiger partial charge on any atom is 0.165 e. The van der Waals surface area contributed by atoms with Crippen LogP contribution in [0.25, 0.3) is 0 Å². The van der Waals surface area contributed by atoms with Gasteiger partial charge in [0.05, 0.1) is 12.1 Å². The van der Waals surface area contributed by atoms with Crippen LogP contribution in [0.2, 0.25) is 0 Å². The van der Waals surface area contributed by atoms with Crippen molar-refractivity contribution in [1.82, 2.24) is 0 Å². The van der Waals surface area contributed by atoms with Gasteiger partial charge in [-0.15, -0.1) is 0 Å². The molecule has 1 aromatic rings. The van der Waals surface area contributed by atoms with Crippen molar-refractivity contribution >= 4 is 0 Å². The molecular formula is C11H16FNO2. The van der Waals surface area contributed by atoms with E-state index < -0.39 is 23.7 Å². The fraction of sp³-hybridized carbons (Fsp3) is 0.455. The fourth-order valence-electron chi connectivity index (χ4n) is 1.43. The summed E-state index contributed by atoms with van der Waals surface area (Å²) in [5.41, 5.74) is 6.24. The molecule has 2 atom stereocenters. The number of hydrogen-bond donors (Lipinski definition) is 3. The zero-order valence-electron chi connectivity index (χ0n) is 8.65. The highest BCUT2D eigenvalue weighted by Gasteiger charge is 2.17. The lowest BCUT2D eigenvalue weighted by Crippen LogP contribution is -2.26. The summed E-state index contributed by atoms with van der Waals surface area (Å²) in [5.74, 6) is -1.12. The van der Waals surface area contributed by atoms with Crippen LogP contribution in [0.15, 0.2) is 18.2 Å². The molecule has 0 unspecified atom stereocenters. The zero-order chi connectivity index (χ0) is 11.4. The molecule has 0 aliphatic carbocycles. The Morgan fingerprint density at radius 1 is 1.47 bits per heavy atom. The van der Waals surface area contributed by atoms with Crippen molar-refractivity contribution in [1.29, 1.82) is 0 Å². The average molecular weight is 213 g/mol. The summed E-state index contributed by atoms with van der Waals surface area (Å²) in [5, 5.41) is 18.6. The van der Waals surface area contributed by atoms with E-state index in [1.165, 1.54) is 12.1 Å². The van der Waals surface area contributed by atoms with E-state index in [9.17, 15) is 9.50 Å². The van der Waals surface area contributed by atoms with E-state index in [0.717, 1.165) is 12.5 Å². The second-order valence-electron chi connectivity index (χ2n) is 3.59. The third-order valence-electron chi connectivity index (χ3n) is 2.36. The molecule has 15 heavy (non-hydrogen) atoms. The third kappa shape index (κ3) is 2.91. The smallest absolute Gasteiger partial charge is 0.165 e. The number of rotatable bonds is 4. The van der Waals surface area contributed by atoms with Crippen LogP contribution < -0.4 is 5.73 Å². The lowest BCUT2D eigenvalue weighted by molar-refractivity contribution is 0.134. The van der Waals surface area contributed by atoms with Crippen LogP contribution in [0.3, 0.4) is 0 Å². The second-order valence-corrected chi connectivity index (χ2v) is 3.59. The first kappa shape index (κ1) is 11.9. The normalized spacial score (nSPS) is 14.9. The number of halogens is 1. The molecule has 0 bridgehead atoms. The Balaban J connectivity index is 2.81. The maximum absolute atomic E-state index is 13.0. The molecule has 0 aliphatic heterocycles. The molecule has 1 rings (SSSR count). The molecule has 4 heteroatoms. The van der Waals surface area contributed by atoms with Crippen molar-refractivity contribution in [3.8, 4) is 5.75 Å². The summed E-state index contributed by atoms with van der Waals surface area (Å²) < 4.78 is 13.0. The van der Waals surface area contributed by atoms with E-state index in [0.29, 0.717) is 12.0 Å². The molecule has 0 saturated heterocycles. The SMILES string of the molecule is CCC[C@@H](O)[C@@H](N)c1ccc(O)c(F)c1. The summed E-state index contributed by atoms with van der Waals surface area (Å²) in [7, 11) is 0. The summed E-state index contributed by atoms with van der Waals surface area (Å²) in [6, 6.07) is 3.30. The van der Waals surface area contributed by atoms with Gasteiger partial charge in [0.25, 0.3) is 0 Å². The summed E-state index contributed by atoms with van der Waals surface area (Å²) in [6.07, 6.45) is 0.706. The van der Waals surface area contributed by atoms with Crippen LogP contribution in [0, 0.1) is 5.82 Å². The lowest BCUT2D eigenvalue weighted by Gasteiger charge is -2.18. The van der Waals surface area contributed by atoms with Gasteiger partial charge in [-0.2, -0.15) is 0 Å². The van der Waals surface area contributed by atoms with Crippen LogP contribution >= 0.6 is 0 Å². The molecule has 0 amide bonds. The Kier molecular flexibility index (Phi) is 4.05. The van der Waals surface area contributed by atoms with Gasteiger partial charge in [0.15, 0.2) is 11.6 Å². The Labute approximate surface area is 88.4 Å². The van der Waals surface area contributed by atoms with Crippen LogP contribution in [0.1, 0.15) is 31.4 Å². The van der Waals surface area contributed by atoms with E-state index in [2.05, 4.69) is 0 Å². The Morgan fingerprint density at radius 3 is 2.67 bits per heavy atom. The summed E-state index contributed by atoms with van der Waals surface area (Å²) in [6.45, 7) is 1.94. The number of nitrogens with two attached hydrogens (primary N) is 1. The van der Waals surface area contributed by atoms with Crippen LogP contribution in [-0.4, -0.2) is 16.3 Å².